The SMILES string of the molecule is CC1CN(C2CCC(C(C)(C)C)CC2)C(C(C)C)CN1. The van der Waals surface area contributed by atoms with Gasteiger partial charge in [0.15, 0.2) is 0 Å². The van der Waals surface area contributed by atoms with Gasteiger partial charge in [0.25, 0.3) is 0 Å². The predicted octanol–water partition coefficient (Wildman–Crippen LogP) is 3.91. The smallest absolute Gasteiger partial charge is 0.0247 e. The lowest BCUT2D eigenvalue weighted by Gasteiger charge is -2.48. The van der Waals surface area contributed by atoms with Crippen LogP contribution in [0.1, 0.15) is 67.2 Å². The summed E-state index contributed by atoms with van der Waals surface area (Å²) in [6.07, 6.45) is 5.68. The van der Waals surface area contributed by atoms with Crippen LogP contribution in [-0.2, 0) is 0 Å². The van der Waals surface area contributed by atoms with Crippen molar-refractivity contribution in [1.82, 2.24) is 10.2 Å². The monoisotopic (exact) mass is 280 g/mol. The van der Waals surface area contributed by atoms with Gasteiger partial charge in [-0.2, -0.15) is 0 Å². The molecule has 1 heterocycles. The molecule has 0 amide bonds. The number of hydrogen-bond acceptors (Lipinski definition) is 2. The minimum atomic E-state index is 0.499. The molecule has 2 aliphatic rings. The molecule has 0 bridgehead atoms. The largest absolute Gasteiger partial charge is 0.311 e. The van der Waals surface area contributed by atoms with E-state index in [-0.39, 0.29) is 0 Å². The Labute approximate surface area is 126 Å². The minimum Gasteiger partial charge on any atom is -0.311 e. The van der Waals surface area contributed by atoms with Crippen LogP contribution < -0.4 is 5.32 Å². The van der Waals surface area contributed by atoms with E-state index in [2.05, 4.69) is 51.8 Å². The van der Waals surface area contributed by atoms with Crippen molar-refractivity contribution in [2.45, 2.75) is 85.4 Å². The van der Waals surface area contributed by atoms with Crippen molar-refractivity contribution in [3.8, 4) is 0 Å². The molecule has 1 aliphatic heterocycles. The highest BCUT2D eigenvalue weighted by atomic mass is 15.3. The first-order valence-corrected chi connectivity index (χ1v) is 8.78. The van der Waals surface area contributed by atoms with Gasteiger partial charge in [0.1, 0.15) is 0 Å². The molecule has 2 unspecified atom stereocenters. The quantitative estimate of drug-likeness (QED) is 0.825. The van der Waals surface area contributed by atoms with Crippen LogP contribution in [0, 0.1) is 17.3 Å². The summed E-state index contributed by atoms with van der Waals surface area (Å²) in [6, 6.07) is 2.23. The molecule has 118 valence electrons. The van der Waals surface area contributed by atoms with Gasteiger partial charge in [-0.05, 0) is 49.9 Å². The normalized spacial score (nSPS) is 37.4. The van der Waals surface area contributed by atoms with Crippen molar-refractivity contribution in [2.75, 3.05) is 13.1 Å². The summed E-state index contributed by atoms with van der Waals surface area (Å²) in [5.41, 5.74) is 0.499. The highest BCUT2D eigenvalue weighted by molar-refractivity contribution is 4.93. The Morgan fingerprint density at radius 3 is 2.15 bits per heavy atom. The Kier molecular flexibility index (Phi) is 5.18. The van der Waals surface area contributed by atoms with Gasteiger partial charge in [0, 0.05) is 31.2 Å². The molecule has 1 N–H and O–H groups in total. The van der Waals surface area contributed by atoms with Gasteiger partial charge in [-0.1, -0.05) is 34.6 Å². The molecule has 1 saturated carbocycles. The fourth-order valence-corrected chi connectivity index (χ4v) is 4.27. The van der Waals surface area contributed by atoms with Crippen molar-refractivity contribution in [1.29, 1.82) is 0 Å². The van der Waals surface area contributed by atoms with Gasteiger partial charge in [0.05, 0.1) is 0 Å². The highest BCUT2D eigenvalue weighted by Crippen LogP contribution is 2.39. The van der Waals surface area contributed by atoms with E-state index in [0.717, 1.165) is 23.9 Å². The zero-order chi connectivity index (χ0) is 14.9. The van der Waals surface area contributed by atoms with Crippen LogP contribution in [0.25, 0.3) is 0 Å². The molecular weight excluding hydrogens is 244 g/mol. The van der Waals surface area contributed by atoms with E-state index in [4.69, 9.17) is 0 Å². The van der Waals surface area contributed by atoms with Crippen LogP contribution in [0.3, 0.4) is 0 Å². The molecule has 2 nitrogen and oxygen atoms in total. The van der Waals surface area contributed by atoms with Crippen LogP contribution in [0.5, 0.6) is 0 Å². The summed E-state index contributed by atoms with van der Waals surface area (Å²) < 4.78 is 0. The lowest BCUT2D eigenvalue weighted by atomic mass is 9.71. The van der Waals surface area contributed by atoms with Crippen LogP contribution in [-0.4, -0.2) is 36.1 Å². The molecule has 2 atom stereocenters. The maximum absolute atomic E-state index is 3.67. The number of nitrogens with one attached hydrogen (secondary N) is 1. The molecule has 0 aromatic heterocycles. The Bertz CT molecular complexity index is 297. The standard InChI is InChI=1S/C18H36N2/c1-13(2)17-11-19-14(3)12-20(17)16-9-7-15(8-10-16)18(4,5)6/h13-17,19H,7-12H2,1-6H3. The van der Waals surface area contributed by atoms with Gasteiger partial charge >= 0.3 is 0 Å². The Balaban J connectivity index is 1.96. The van der Waals surface area contributed by atoms with Crippen LogP contribution in [0.4, 0.5) is 0 Å². The number of nitrogens with zero attached hydrogens (tertiary/aromatic N) is 1. The molecule has 0 radical (unpaired) electrons. The molecule has 1 aliphatic carbocycles. The summed E-state index contributed by atoms with van der Waals surface area (Å²) >= 11 is 0. The van der Waals surface area contributed by atoms with Crippen molar-refractivity contribution >= 4 is 0 Å². The van der Waals surface area contributed by atoms with E-state index in [1.807, 2.05) is 0 Å². The van der Waals surface area contributed by atoms with E-state index < -0.39 is 0 Å². The van der Waals surface area contributed by atoms with E-state index in [9.17, 15) is 0 Å². The first kappa shape index (κ1) is 16.3. The molecule has 1 saturated heterocycles. The topological polar surface area (TPSA) is 15.3 Å². The fourth-order valence-electron chi connectivity index (χ4n) is 4.27. The molecular formula is C18H36N2. The van der Waals surface area contributed by atoms with Crippen molar-refractivity contribution in [3.63, 3.8) is 0 Å². The van der Waals surface area contributed by atoms with Crippen LogP contribution in [0.2, 0.25) is 0 Å². The molecule has 20 heavy (non-hydrogen) atoms. The first-order valence-electron chi connectivity index (χ1n) is 8.78. The van der Waals surface area contributed by atoms with Crippen molar-refractivity contribution in [2.24, 2.45) is 17.3 Å². The summed E-state index contributed by atoms with van der Waals surface area (Å²) in [6.45, 7) is 16.8. The number of rotatable bonds is 2. The van der Waals surface area contributed by atoms with E-state index in [1.54, 1.807) is 0 Å². The van der Waals surface area contributed by atoms with Gasteiger partial charge < -0.3 is 5.32 Å². The summed E-state index contributed by atoms with van der Waals surface area (Å²) in [7, 11) is 0. The average molecular weight is 280 g/mol. The summed E-state index contributed by atoms with van der Waals surface area (Å²) in [5.74, 6) is 1.69. The molecule has 0 aromatic rings. The third kappa shape index (κ3) is 3.76. The van der Waals surface area contributed by atoms with E-state index in [0.29, 0.717) is 11.5 Å². The lowest BCUT2D eigenvalue weighted by molar-refractivity contribution is 0.0231. The summed E-state index contributed by atoms with van der Waals surface area (Å²) in [4.78, 5) is 2.85. The van der Waals surface area contributed by atoms with E-state index >= 15 is 0 Å². The van der Waals surface area contributed by atoms with Crippen LogP contribution >= 0.6 is 0 Å². The molecule has 0 spiro atoms. The van der Waals surface area contributed by atoms with Crippen molar-refractivity contribution in [3.05, 3.63) is 0 Å². The van der Waals surface area contributed by atoms with Crippen LogP contribution in [0.15, 0.2) is 0 Å². The molecule has 2 rings (SSSR count). The first-order chi connectivity index (χ1) is 9.29. The van der Waals surface area contributed by atoms with Crippen molar-refractivity contribution < 1.29 is 0 Å². The van der Waals surface area contributed by atoms with Gasteiger partial charge in [0.2, 0.25) is 0 Å². The Morgan fingerprint density at radius 1 is 1.05 bits per heavy atom. The lowest BCUT2D eigenvalue weighted by Crippen LogP contribution is -2.60. The molecule has 2 fully saturated rings. The zero-order valence-corrected chi connectivity index (χ0v) is 14.6. The maximum Gasteiger partial charge on any atom is 0.0247 e. The van der Waals surface area contributed by atoms with Gasteiger partial charge in [-0.25, -0.2) is 0 Å². The maximum atomic E-state index is 3.67. The fraction of sp³-hybridized carbons (Fsp3) is 1.00. The minimum absolute atomic E-state index is 0.499. The van der Waals surface area contributed by atoms with Gasteiger partial charge in [-0.3, -0.25) is 4.90 Å². The molecule has 2 heteroatoms. The second-order valence-corrected chi connectivity index (χ2v) is 8.69. The number of piperazine rings is 1. The van der Waals surface area contributed by atoms with Gasteiger partial charge in [-0.15, -0.1) is 0 Å². The third-order valence-electron chi connectivity index (χ3n) is 5.75. The predicted molar refractivity (Wildman–Crippen MR) is 88.0 cm³/mol. The average Bonchev–Trinajstić information content (AvgIpc) is 2.37. The Hall–Kier alpha value is -0.0800. The van der Waals surface area contributed by atoms with E-state index in [1.165, 1.54) is 38.8 Å². The third-order valence-corrected chi connectivity index (χ3v) is 5.75. The second-order valence-electron chi connectivity index (χ2n) is 8.69. The zero-order valence-electron chi connectivity index (χ0n) is 14.6. The molecule has 0 aromatic carbocycles. The number of hydrogen-bond donors (Lipinski definition) is 1. The Morgan fingerprint density at radius 2 is 1.65 bits per heavy atom. The summed E-state index contributed by atoms with van der Waals surface area (Å²) in [5, 5.41) is 3.67. The second kappa shape index (κ2) is 6.36. The highest BCUT2D eigenvalue weighted by Gasteiger charge is 2.37.